The maximum Gasteiger partial charge on any atom is 0.255 e. The third kappa shape index (κ3) is 2.48. The molecule has 1 aliphatic rings. The van der Waals surface area contributed by atoms with Crippen molar-refractivity contribution in [2.45, 2.75) is 32.2 Å². The van der Waals surface area contributed by atoms with Crippen molar-refractivity contribution in [2.24, 2.45) is 0 Å². The number of likely N-dealkylation sites (tertiary alicyclic amines) is 1. The zero-order valence-corrected chi connectivity index (χ0v) is 12.2. The summed E-state index contributed by atoms with van der Waals surface area (Å²) in [4.78, 5) is 25.8. The minimum Gasteiger partial charge on any atom is -0.326 e. The van der Waals surface area contributed by atoms with Gasteiger partial charge in [-0.3, -0.25) is 9.59 Å². The Morgan fingerprint density at radius 3 is 2.67 bits per heavy atom. The number of amides is 1. The summed E-state index contributed by atoms with van der Waals surface area (Å²) < 4.78 is 0.767. The standard InChI is InChI=1S/C14H16BrNO2/c1-14(2)8-7-10(17)9-16(14)13(18)11-5-3-4-6-12(11)15/h3-6H,7-9H2,1-2H3. The number of Topliss-reactive ketones (excluding diaryl/α,β-unsaturated/α-hetero) is 1. The van der Waals surface area contributed by atoms with Gasteiger partial charge in [0.1, 0.15) is 0 Å². The Balaban J connectivity index is 2.33. The highest BCUT2D eigenvalue weighted by Crippen LogP contribution is 2.29. The third-order valence-electron chi connectivity index (χ3n) is 3.43. The van der Waals surface area contributed by atoms with Crippen LogP contribution in [0.1, 0.15) is 37.0 Å². The van der Waals surface area contributed by atoms with Crippen molar-refractivity contribution < 1.29 is 9.59 Å². The number of hydrogen-bond acceptors (Lipinski definition) is 2. The minimum atomic E-state index is -0.264. The lowest BCUT2D eigenvalue weighted by molar-refractivity contribution is -0.124. The summed E-state index contributed by atoms with van der Waals surface area (Å²) in [6.07, 6.45) is 1.29. The molecule has 1 amide bonds. The molecule has 4 heteroatoms. The lowest BCUT2D eigenvalue weighted by atomic mass is 9.89. The molecule has 0 aromatic heterocycles. The normalized spacial score (nSPS) is 18.8. The van der Waals surface area contributed by atoms with Gasteiger partial charge in [-0.2, -0.15) is 0 Å². The number of halogens is 1. The monoisotopic (exact) mass is 309 g/mol. The Labute approximate surface area is 115 Å². The fourth-order valence-corrected chi connectivity index (χ4v) is 2.63. The van der Waals surface area contributed by atoms with E-state index in [1.54, 1.807) is 11.0 Å². The van der Waals surface area contributed by atoms with E-state index in [2.05, 4.69) is 15.9 Å². The van der Waals surface area contributed by atoms with Crippen LogP contribution < -0.4 is 0 Å². The van der Waals surface area contributed by atoms with Crippen molar-refractivity contribution in [3.8, 4) is 0 Å². The summed E-state index contributed by atoms with van der Waals surface area (Å²) in [5.74, 6) is 0.0512. The highest BCUT2D eigenvalue weighted by atomic mass is 79.9. The number of benzene rings is 1. The fraction of sp³-hybridized carbons (Fsp3) is 0.429. The molecular formula is C14H16BrNO2. The molecule has 0 aliphatic carbocycles. The number of carbonyl (C=O) groups is 2. The van der Waals surface area contributed by atoms with Crippen molar-refractivity contribution in [3.05, 3.63) is 34.3 Å². The second kappa shape index (κ2) is 4.84. The SMILES string of the molecule is CC1(C)CCC(=O)CN1C(=O)c1ccccc1Br. The van der Waals surface area contributed by atoms with Crippen LogP contribution in [0.3, 0.4) is 0 Å². The highest BCUT2D eigenvalue weighted by molar-refractivity contribution is 9.10. The van der Waals surface area contributed by atoms with Crippen LogP contribution in [0.5, 0.6) is 0 Å². The molecule has 0 bridgehead atoms. The van der Waals surface area contributed by atoms with E-state index in [1.165, 1.54) is 0 Å². The molecule has 18 heavy (non-hydrogen) atoms. The molecule has 96 valence electrons. The van der Waals surface area contributed by atoms with Gasteiger partial charge in [-0.25, -0.2) is 0 Å². The van der Waals surface area contributed by atoms with Gasteiger partial charge >= 0.3 is 0 Å². The first-order chi connectivity index (χ1) is 8.42. The maximum absolute atomic E-state index is 12.5. The molecule has 3 nitrogen and oxygen atoms in total. The summed E-state index contributed by atoms with van der Waals surface area (Å²) in [6, 6.07) is 7.32. The summed E-state index contributed by atoms with van der Waals surface area (Å²) in [7, 11) is 0. The van der Waals surface area contributed by atoms with E-state index >= 15 is 0 Å². The number of carbonyl (C=O) groups excluding carboxylic acids is 2. The lowest BCUT2D eigenvalue weighted by Crippen LogP contribution is -2.53. The van der Waals surface area contributed by atoms with Crippen LogP contribution in [-0.2, 0) is 4.79 Å². The molecule has 0 atom stereocenters. The first kappa shape index (κ1) is 13.3. The van der Waals surface area contributed by atoms with Crippen molar-refractivity contribution in [1.82, 2.24) is 4.90 Å². The van der Waals surface area contributed by atoms with Crippen molar-refractivity contribution in [2.75, 3.05) is 6.54 Å². The Kier molecular flexibility index (Phi) is 3.57. The topological polar surface area (TPSA) is 37.4 Å². The molecule has 0 saturated carbocycles. The smallest absolute Gasteiger partial charge is 0.255 e. The van der Waals surface area contributed by atoms with Crippen molar-refractivity contribution >= 4 is 27.6 Å². The van der Waals surface area contributed by atoms with Gasteiger partial charge in [0.15, 0.2) is 5.78 Å². The minimum absolute atomic E-state index is 0.0828. The van der Waals surface area contributed by atoms with Crippen LogP contribution in [0.2, 0.25) is 0 Å². The van der Waals surface area contributed by atoms with E-state index in [4.69, 9.17) is 0 Å². The molecule has 1 aromatic rings. The van der Waals surface area contributed by atoms with Crippen LogP contribution in [0.25, 0.3) is 0 Å². The Morgan fingerprint density at radius 2 is 2.00 bits per heavy atom. The number of hydrogen-bond donors (Lipinski definition) is 0. The number of rotatable bonds is 1. The van der Waals surface area contributed by atoms with Gasteiger partial charge in [0.25, 0.3) is 5.91 Å². The van der Waals surface area contributed by atoms with Crippen LogP contribution in [-0.4, -0.2) is 28.7 Å². The predicted octanol–water partition coefficient (Wildman–Crippen LogP) is 3.03. The molecule has 0 radical (unpaired) electrons. The Morgan fingerprint density at radius 1 is 1.33 bits per heavy atom. The summed E-state index contributed by atoms with van der Waals surface area (Å²) in [5, 5.41) is 0. The maximum atomic E-state index is 12.5. The molecule has 1 saturated heterocycles. The van der Waals surface area contributed by atoms with Gasteiger partial charge in [-0.15, -0.1) is 0 Å². The molecule has 1 aromatic carbocycles. The number of nitrogens with zero attached hydrogens (tertiary/aromatic N) is 1. The van der Waals surface area contributed by atoms with Gasteiger partial charge in [-0.05, 0) is 48.3 Å². The second-order valence-electron chi connectivity index (χ2n) is 5.22. The van der Waals surface area contributed by atoms with Gasteiger partial charge in [-0.1, -0.05) is 12.1 Å². The summed E-state index contributed by atoms with van der Waals surface area (Å²) in [5.41, 5.74) is 0.348. The van der Waals surface area contributed by atoms with E-state index in [9.17, 15) is 9.59 Å². The average Bonchev–Trinajstić information content (AvgIpc) is 2.32. The van der Waals surface area contributed by atoms with Gasteiger partial charge in [0.2, 0.25) is 0 Å². The van der Waals surface area contributed by atoms with E-state index in [1.807, 2.05) is 32.0 Å². The van der Waals surface area contributed by atoms with Gasteiger partial charge in [0.05, 0.1) is 12.1 Å². The van der Waals surface area contributed by atoms with Crippen LogP contribution in [0, 0.1) is 0 Å². The summed E-state index contributed by atoms with van der Waals surface area (Å²) >= 11 is 3.38. The van der Waals surface area contributed by atoms with Crippen molar-refractivity contribution in [1.29, 1.82) is 0 Å². The largest absolute Gasteiger partial charge is 0.326 e. The average molecular weight is 310 g/mol. The van der Waals surface area contributed by atoms with Crippen LogP contribution >= 0.6 is 15.9 Å². The Hall–Kier alpha value is -1.16. The van der Waals surface area contributed by atoms with Crippen LogP contribution in [0.4, 0.5) is 0 Å². The predicted molar refractivity (Wildman–Crippen MR) is 73.5 cm³/mol. The fourth-order valence-electron chi connectivity index (χ4n) is 2.18. The zero-order chi connectivity index (χ0) is 13.3. The summed E-state index contributed by atoms with van der Waals surface area (Å²) in [6.45, 7) is 4.23. The molecule has 2 rings (SSSR count). The van der Waals surface area contributed by atoms with E-state index in [-0.39, 0.29) is 23.8 Å². The van der Waals surface area contributed by atoms with Gasteiger partial charge in [0, 0.05) is 16.4 Å². The first-order valence-corrected chi connectivity index (χ1v) is 6.79. The molecule has 0 unspecified atom stereocenters. The molecule has 0 spiro atoms. The third-order valence-corrected chi connectivity index (χ3v) is 4.12. The molecular weight excluding hydrogens is 294 g/mol. The van der Waals surface area contributed by atoms with Crippen LogP contribution in [0.15, 0.2) is 28.7 Å². The molecule has 1 fully saturated rings. The van der Waals surface area contributed by atoms with Gasteiger partial charge < -0.3 is 4.90 Å². The van der Waals surface area contributed by atoms with Crippen molar-refractivity contribution in [3.63, 3.8) is 0 Å². The first-order valence-electron chi connectivity index (χ1n) is 6.00. The molecule has 1 aliphatic heterocycles. The molecule has 0 N–H and O–H groups in total. The quantitative estimate of drug-likeness (QED) is 0.799. The Bertz CT molecular complexity index is 496. The van der Waals surface area contributed by atoms with E-state index < -0.39 is 0 Å². The zero-order valence-electron chi connectivity index (χ0n) is 10.6. The molecule has 1 heterocycles. The second-order valence-corrected chi connectivity index (χ2v) is 6.08. The number of piperidine rings is 1. The number of ketones is 1. The highest BCUT2D eigenvalue weighted by Gasteiger charge is 2.37. The van der Waals surface area contributed by atoms with E-state index in [0.29, 0.717) is 12.0 Å². The lowest BCUT2D eigenvalue weighted by Gasteiger charge is -2.41. The van der Waals surface area contributed by atoms with E-state index in [0.717, 1.165) is 10.9 Å².